The zero-order valence-corrected chi connectivity index (χ0v) is 19.2. The number of nitrogens with one attached hydrogen (secondary N) is 1. The molecule has 0 saturated carbocycles. The Morgan fingerprint density at radius 1 is 1.09 bits per heavy atom. The Morgan fingerprint density at radius 2 is 1.78 bits per heavy atom. The van der Waals surface area contributed by atoms with E-state index in [9.17, 15) is 14.4 Å². The highest BCUT2D eigenvalue weighted by Gasteiger charge is 2.21. The van der Waals surface area contributed by atoms with E-state index in [0.717, 1.165) is 21.0 Å². The molecule has 4 aromatic rings. The van der Waals surface area contributed by atoms with E-state index in [2.05, 4.69) is 21.2 Å². The highest BCUT2D eigenvalue weighted by atomic mass is 79.9. The minimum Gasteiger partial charge on any atom is -0.480 e. The average Bonchev–Trinajstić information content (AvgIpc) is 3.17. The number of aryl methyl sites for hydroxylation is 2. The van der Waals surface area contributed by atoms with Crippen LogP contribution in [0.2, 0.25) is 0 Å². The number of carbonyl (C=O) groups is 2. The molecular formula is C24H20BrNO6. The lowest BCUT2D eigenvalue weighted by Gasteiger charge is -2.12. The Balaban J connectivity index is 1.85. The van der Waals surface area contributed by atoms with Crippen molar-refractivity contribution >= 4 is 49.7 Å². The van der Waals surface area contributed by atoms with Crippen LogP contribution in [0.4, 0.5) is 0 Å². The van der Waals surface area contributed by atoms with E-state index in [-0.39, 0.29) is 12.0 Å². The van der Waals surface area contributed by atoms with E-state index in [4.69, 9.17) is 13.9 Å². The summed E-state index contributed by atoms with van der Waals surface area (Å²) in [7, 11) is 0. The van der Waals surface area contributed by atoms with Crippen LogP contribution in [0.1, 0.15) is 23.6 Å². The summed E-state index contributed by atoms with van der Waals surface area (Å²) >= 11 is 3.44. The molecule has 0 aliphatic rings. The quantitative estimate of drug-likeness (QED) is 0.386. The minimum absolute atomic E-state index is 0.194. The maximum atomic E-state index is 12.7. The molecule has 1 amide bonds. The van der Waals surface area contributed by atoms with Crippen LogP contribution in [0.15, 0.2) is 54.7 Å². The van der Waals surface area contributed by atoms with E-state index in [1.807, 2.05) is 37.3 Å². The monoisotopic (exact) mass is 497 g/mol. The number of carboxylic acids is 1. The summed E-state index contributed by atoms with van der Waals surface area (Å²) < 4.78 is 12.4. The van der Waals surface area contributed by atoms with Crippen molar-refractivity contribution in [3.63, 3.8) is 0 Å². The van der Waals surface area contributed by atoms with Gasteiger partial charge in [-0.2, -0.15) is 0 Å². The van der Waals surface area contributed by atoms with Crippen molar-refractivity contribution < 1.29 is 23.5 Å². The summed E-state index contributed by atoms with van der Waals surface area (Å²) in [4.78, 5) is 35.9. The summed E-state index contributed by atoms with van der Waals surface area (Å²) in [6.07, 6.45) is 1.40. The number of aliphatic carboxylic acids is 1. The number of amides is 1. The van der Waals surface area contributed by atoms with Gasteiger partial charge in [-0.15, -0.1) is 0 Å². The van der Waals surface area contributed by atoms with Gasteiger partial charge < -0.3 is 19.3 Å². The fourth-order valence-electron chi connectivity index (χ4n) is 3.77. The van der Waals surface area contributed by atoms with E-state index in [1.165, 1.54) is 6.92 Å². The maximum absolute atomic E-state index is 12.7. The fraction of sp³-hybridized carbons (Fsp3) is 0.208. The standard InChI is InChI=1S/C24H20BrNO6/c1-11-16-8-18-19(14-4-6-15(25)7-5-14)10-31-21(18)12(2)22(16)32-24(30)17(11)9-20(27)26-13(3)23(28)29/h4-8,10,13H,9H2,1-3H3,(H,26,27)(H,28,29)/t13-/m0/s1. The second-order valence-electron chi connectivity index (χ2n) is 7.71. The Labute approximate surface area is 191 Å². The summed E-state index contributed by atoms with van der Waals surface area (Å²) in [6, 6.07) is 8.69. The molecule has 8 heteroatoms. The van der Waals surface area contributed by atoms with Crippen molar-refractivity contribution in [2.45, 2.75) is 33.2 Å². The van der Waals surface area contributed by atoms with Gasteiger partial charge >= 0.3 is 11.6 Å². The number of furan rings is 1. The second-order valence-corrected chi connectivity index (χ2v) is 8.62. The predicted octanol–water partition coefficient (Wildman–Crippen LogP) is 4.72. The Hall–Kier alpha value is -3.39. The molecule has 0 aliphatic heterocycles. The van der Waals surface area contributed by atoms with Gasteiger partial charge in [0, 0.05) is 26.4 Å². The number of rotatable bonds is 5. The number of carbonyl (C=O) groups excluding carboxylic acids is 1. The Kier molecular flexibility index (Phi) is 5.64. The van der Waals surface area contributed by atoms with Gasteiger partial charge in [0.2, 0.25) is 5.91 Å². The maximum Gasteiger partial charge on any atom is 0.340 e. The van der Waals surface area contributed by atoms with Crippen LogP contribution in [-0.4, -0.2) is 23.0 Å². The van der Waals surface area contributed by atoms with Gasteiger partial charge in [-0.05, 0) is 50.1 Å². The zero-order chi connectivity index (χ0) is 23.2. The topological polar surface area (TPSA) is 110 Å². The molecule has 2 aromatic carbocycles. The van der Waals surface area contributed by atoms with Crippen molar-refractivity contribution in [3.05, 3.63) is 68.2 Å². The van der Waals surface area contributed by atoms with Crippen LogP contribution in [0.3, 0.4) is 0 Å². The van der Waals surface area contributed by atoms with Crippen molar-refractivity contribution in [2.24, 2.45) is 0 Å². The summed E-state index contributed by atoms with van der Waals surface area (Å²) in [5.41, 5.74) is 3.77. The normalized spacial score (nSPS) is 12.2. The smallest absolute Gasteiger partial charge is 0.340 e. The van der Waals surface area contributed by atoms with Crippen molar-refractivity contribution in [2.75, 3.05) is 0 Å². The first-order valence-corrected chi connectivity index (χ1v) is 10.7. The lowest BCUT2D eigenvalue weighted by molar-refractivity contribution is -0.141. The Bertz CT molecular complexity index is 1430. The molecule has 2 heterocycles. The second kappa shape index (κ2) is 8.27. The molecule has 1 atom stereocenters. The third-order valence-electron chi connectivity index (χ3n) is 5.58. The summed E-state index contributed by atoms with van der Waals surface area (Å²) in [6.45, 7) is 4.94. The largest absolute Gasteiger partial charge is 0.480 e. The SMILES string of the molecule is Cc1c(CC(=O)N[C@@H](C)C(=O)O)c(=O)oc2c(C)c3occ(-c4ccc(Br)cc4)c3cc12. The molecular weight excluding hydrogens is 478 g/mol. The van der Waals surface area contributed by atoms with Gasteiger partial charge in [0.1, 0.15) is 17.2 Å². The third-order valence-corrected chi connectivity index (χ3v) is 6.11. The first-order valence-electron chi connectivity index (χ1n) is 9.92. The highest BCUT2D eigenvalue weighted by molar-refractivity contribution is 9.10. The number of halogens is 1. The minimum atomic E-state index is -1.15. The highest BCUT2D eigenvalue weighted by Crippen LogP contribution is 2.37. The first kappa shape index (κ1) is 21.8. The average molecular weight is 498 g/mol. The zero-order valence-electron chi connectivity index (χ0n) is 17.6. The molecule has 2 N–H and O–H groups in total. The van der Waals surface area contributed by atoms with Gasteiger partial charge in [-0.3, -0.25) is 9.59 Å². The molecule has 0 saturated heterocycles. The van der Waals surface area contributed by atoms with Crippen LogP contribution in [0.25, 0.3) is 33.1 Å². The number of fused-ring (bicyclic) bond motifs is 2. The van der Waals surface area contributed by atoms with Crippen molar-refractivity contribution in [1.29, 1.82) is 0 Å². The van der Waals surface area contributed by atoms with Gasteiger partial charge in [-0.25, -0.2) is 4.79 Å². The number of carboxylic acid groups (broad SMARTS) is 1. The van der Waals surface area contributed by atoms with E-state index >= 15 is 0 Å². The van der Waals surface area contributed by atoms with Gasteiger partial charge in [0.05, 0.1) is 18.2 Å². The molecule has 4 rings (SSSR count). The lowest BCUT2D eigenvalue weighted by Crippen LogP contribution is -2.39. The van der Waals surface area contributed by atoms with Crippen LogP contribution < -0.4 is 10.9 Å². The predicted molar refractivity (Wildman–Crippen MR) is 124 cm³/mol. The van der Waals surface area contributed by atoms with Crippen LogP contribution in [0, 0.1) is 13.8 Å². The van der Waals surface area contributed by atoms with Gasteiger partial charge in [0.15, 0.2) is 0 Å². The molecule has 0 bridgehead atoms. The molecule has 32 heavy (non-hydrogen) atoms. The molecule has 0 aliphatic carbocycles. The molecule has 164 valence electrons. The number of hydrogen-bond acceptors (Lipinski definition) is 5. The van der Waals surface area contributed by atoms with E-state index in [1.54, 1.807) is 13.2 Å². The van der Waals surface area contributed by atoms with Crippen molar-refractivity contribution in [1.82, 2.24) is 5.32 Å². The van der Waals surface area contributed by atoms with Gasteiger partial charge in [0.25, 0.3) is 0 Å². The third kappa shape index (κ3) is 3.82. The number of benzene rings is 2. The lowest BCUT2D eigenvalue weighted by atomic mass is 9.97. The van der Waals surface area contributed by atoms with Crippen LogP contribution >= 0.6 is 15.9 Å². The molecule has 0 unspecified atom stereocenters. The summed E-state index contributed by atoms with van der Waals surface area (Å²) in [5, 5.41) is 12.9. The van der Waals surface area contributed by atoms with E-state index < -0.39 is 23.5 Å². The molecule has 2 aromatic heterocycles. The van der Waals surface area contributed by atoms with Crippen LogP contribution in [0.5, 0.6) is 0 Å². The molecule has 7 nitrogen and oxygen atoms in total. The molecule has 0 spiro atoms. The molecule has 0 radical (unpaired) electrons. The van der Waals surface area contributed by atoms with E-state index in [0.29, 0.717) is 27.7 Å². The first-order chi connectivity index (χ1) is 15.2. The van der Waals surface area contributed by atoms with Crippen molar-refractivity contribution in [3.8, 4) is 11.1 Å². The Morgan fingerprint density at radius 3 is 2.44 bits per heavy atom. The fourth-order valence-corrected chi connectivity index (χ4v) is 4.03. The van der Waals surface area contributed by atoms with Crippen LogP contribution in [-0.2, 0) is 16.0 Å². The molecule has 0 fully saturated rings. The number of hydrogen-bond donors (Lipinski definition) is 2. The van der Waals surface area contributed by atoms with Gasteiger partial charge in [-0.1, -0.05) is 28.1 Å². The summed E-state index contributed by atoms with van der Waals surface area (Å²) in [5.74, 6) is -1.72.